The van der Waals surface area contributed by atoms with E-state index >= 15 is 0 Å². The minimum absolute atomic E-state index is 0.0204. The van der Waals surface area contributed by atoms with Crippen LogP contribution >= 0.6 is 11.3 Å². The second-order valence-corrected chi connectivity index (χ2v) is 8.62. The summed E-state index contributed by atoms with van der Waals surface area (Å²) in [4.78, 5) is 20.6. The molecule has 1 aliphatic heterocycles. The van der Waals surface area contributed by atoms with Gasteiger partial charge in [-0.3, -0.25) is 14.7 Å². The lowest BCUT2D eigenvalue weighted by Gasteiger charge is -2.37. The molecule has 0 spiro atoms. The zero-order chi connectivity index (χ0) is 20.8. The molecular weight excluding hydrogens is 394 g/mol. The monoisotopic (exact) mass is 421 g/mol. The molecule has 1 N–H and O–H groups in total. The molecule has 2 atom stereocenters. The van der Waals surface area contributed by atoms with Crippen molar-refractivity contribution in [1.29, 1.82) is 0 Å². The Hall–Kier alpha value is -2.70. The Kier molecular flexibility index (Phi) is 6.77. The fourth-order valence-corrected chi connectivity index (χ4v) is 4.74. The van der Waals surface area contributed by atoms with Crippen LogP contribution in [0.3, 0.4) is 0 Å². The molecule has 6 heteroatoms. The van der Waals surface area contributed by atoms with E-state index in [-0.39, 0.29) is 11.9 Å². The molecule has 1 aromatic carbocycles. The van der Waals surface area contributed by atoms with E-state index in [1.807, 2.05) is 47.8 Å². The van der Waals surface area contributed by atoms with Gasteiger partial charge in [0.2, 0.25) is 0 Å². The number of methoxy groups -OCH3 is 1. The maximum atomic E-state index is 12.8. The van der Waals surface area contributed by atoms with Gasteiger partial charge in [0, 0.05) is 19.3 Å². The van der Waals surface area contributed by atoms with E-state index in [4.69, 9.17) is 4.74 Å². The van der Waals surface area contributed by atoms with Crippen LogP contribution in [0.2, 0.25) is 0 Å². The molecule has 2 aromatic heterocycles. The predicted octanol–water partition coefficient (Wildman–Crippen LogP) is 4.54. The first-order valence-electron chi connectivity index (χ1n) is 10.3. The number of hydrogen-bond acceptors (Lipinski definition) is 5. The number of nitrogens with one attached hydrogen (secondary N) is 1. The zero-order valence-corrected chi connectivity index (χ0v) is 18.0. The highest BCUT2D eigenvalue weighted by Gasteiger charge is 2.30. The van der Waals surface area contributed by atoms with E-state index < -0.39 is 0 Å². The summed E-state index contributed by atoms with van der Waals surface area (Å²) >= 11 is 1.47. The third-order valence-electron chi connectivity index (χ3n) is 5.62. The van der Waals surface area contributed by atoms with Crippen LogP contribution in [0.1, 0.15) is 39.8 Å². The number of hydrogen-bond donors (Lipinski definition) is 1. The van der Waals surface area contributed by atoms with Crippen LogP contribution in [-0.2, 0) is 6.54 Å². The zero-order valence-electron chi connectivity index (χ0n) is 17.2. The largest absolute Gasteiger partial charge is 0.497 e. The minimum atomic E-state index is -0.0977. The fraction of sp³-hybridized carbons (Fsp3) is 0.333. The molecule has 0 radical (unpaired) electrons. The van der Waals surface area contributed by atoms with E-state index in [1.54, 1.807) is 13.3 Å². The summed E-state index contributed by atoms with van der Waals surface area (Å²) < 4.78 is 5.26. The number of pyridine rings is 1. The number of carbonyl (C=O) groups is 1. The normalized spacial score (nSPS) is 18.0. The Labute approximate surface area is 181 Å². The first kappa shape index (κ1) is 20.6. The standard InChI is InChI=1S/C24H27N3O2S/c1-29-20-11-9-18(10-12-20)16-27-14-4-6-19(17-27)23(21-7-2-3-13-25-21)26-24(28)22-8-5-15-30-22/h2-3,5,7-13,15,19,23H,4,6,14,16-17H2,1H3,(H,26,28)/t19-,23-/m1/s1. The number of thiophene rings is 1. The number of amides is 1. The van der Waals surface area contributed by atoms with Gasteiger partial charge in [-0.05, 0) is 66.6 Å². The van der Waals surface area contributed by atoms with Gasteiger partial charge in [-0.15, -0.1) is 11.3 Å². The quantitative estimate of drug-likeness (QED) is 0.609. The summed E-state index contributed by atoms with van der Waals surface area (Å²) in [6.07, 6.45) is 3.99. The Morgan fingerprint density at radius 2 is 2.10 bits per heavy atom. The van der Waals surface area contributed by atoms with Crippen LogP contribution in [-0.4, -0.2) is 36.0 Å². The summed E-state index contributed by atoms with van der Waals surface area (Å²) in [7, 11) is 1.69. The number of likely N-dealkylation sites (tertiary alicyclic amines) is 1. The van der Waals surface area contributed by atoms with Gasteiger partial charge in [0.15, 0.2) is 0 Å². The minimum Gasteiger partial charge on any atom is -0.497 e. The van der Waals surface area contributed by atoms with E-state index in [0.29, 0.717) is 5.92 Å². The highest BCUT2D eigenvalue weighted by molar-refractivity contribution is 7.12. The van der Waals surface area contributed by atoms with Crippen LogP contribution < -0.4 is 10.1 Å². The van der Waals surface area contributed by atoms with Gasteiger partial charge in [-0.2, -0.15) is 0 Å². The SMILES string of the molecule is COc1ccc(CN2CCC[C@@H]([C@@H](NC(=O)c3cccs3)c3ccccn3)C2)cc1. The van der Waals surface area contributed by atoms with Crippen molar-refractivity contribution in [1.82, 2.24) is 15.2 Å². The molecule has 30 heavy (non-hydrogen) atoms. The lowest BCUT2D eigenvalue weighted by atomic mass is 9.88. The first-order chi connectivity index (χ1) is 14.7. The van der Waals surface area contributed by atoms with E-state index in [1.165, 1.54) is 16.9 Å². The maximum Gasteiger partial charge on any atom is 0.261 e. The van der Waals surface area contributed by atoms with Crippen molar-refractivity contribution >= 4 is 17.2 Å². The molecule has 0 unspecified atom stereocenters. The number of piperidine rings is 1. The Morgan fingerprint density at radius 1 is 1.23 bits per heavy atom. The molecule has 156 valence electrons. The van der Waals surface area contributed by atoms with Crippen LogP contribution in [0.15, 0.2) is 66.2 Å². The first-order valence-corrected chi connectivity index (χ1v) is 11.2. The van der Waals surface area contributed by atoms with Crippen LogP contribution in [0.5, 0.6) is 5.75 Å². The fourth-order valence-electron chi connectivity index (χ4n) is 4.11. The second-order valence-electron chi connectivity index (χ2n) is 7.67. The number of aromatic nitrogens is 1. The van der Waals surface area contributed by atoms with Gasteiger partial charge in [-0.25, -0.2) is 0 Å². The number of carbonyl (C=O) groups excluding carboxylic acids is 1. The highest BCUT2D eigenvalue weighted by atomic mass is 32.1. The molecule has 1 saturated heterocycles. The van der Waals surface area contributed by atoms with Crippen LogP contribution in [0.4, 0.5) is 0 Å². The lowest BCUT2D eigenvalue weighted by molar-refractivity contribution is 0.0879. The molecule has 0 bridgehead atoms. The third-order valence-corrected chi connectivity index (χ3v) is 6.49. The van der Waals surface area contributed by atoms with Crippen molar-refractivity contribution < 1.29 is 9.53 Å². The number of benzene rings is 1. The number of nitrogens with zero attached hydrogens (tertiary/aromatic N) is 2. The lowest BCUT2D eigenvalue weighted by Crippen LogP contribution is -2.42. The summed E-state index contributed by atoms with van der Waals surface area (Å²) in [6.45, 7) is 2.89. The van der Waals surface area contributed by atoms with Crippen molar-refractivity contribution in [3.8, 4) is 5.75 Å². The van der Waals surface area contributed by atoms with Crippen molar-refractivity contribution in [2.24, 2.45) is 5.92 Å². The molecule has 3 heterocycles. The van der Waals surface area contributed by atoms with Crippen molar-refractivity contribution in [2.75, 3.05) is 20.2 Å². The van der Waals surface area contributed by atoms with Crippen LogP contribution in [0.25, 0.3) is 0 Å². The van der Waals surface area contributed by atoms with E-state index in [0.717, 1.165) is 48.8 Å². The molecule has 3 aromatic rings. The van der Waals surface area contributed by atoms with Gasteiger partial charge in [0.25, 0.3) is 5.91 Å². The molecule has 1 aliphatic rings. The maximum absolute atomic E-state index is 12.8. The molecule has 1 fully saturated rings. The average molecular weight is 422 g/mol. The summed E-state index contributed by atoms with van der Waals surface area (Å²) in [6, 6.07) is 17.9. The second kappa shape index (κ2) is 9.87. The Balaban J connectivity index is 1.48. The van der Waals surface area contributed by atoms with Gasteiger partial charge < -0.3 is 10.1 Å². The average Bonchev–Trinajstić information content (AvgIpc) is 3.34. The van der Waals surface area contributed by atoms with Gasteiger partial charge in [0.05, 0.1) is 23.7 Å². The summed E-state index contributed by atoms with van der Waals surface area (Å²) in [5.41, 5.74) is 2.20. The van der Waals surface area contributed by atoms with Crippen molar-refractivity contribution in [2.45, 2.75) is 25.4 Å². The van der Waals surface area contributed by atoms with E-state index in [2.05, 4.69) is 27.3 Å². The molecule has 5 nitrogen and oxygen atoms in total. The Morgan fingerprint density at radius 3 is 2.80 bits per heavy atom. The van der Waals surface area contributed by atoms with Crippen molar-refractivity contribution in [3.63, 3.8) is 0 Å². The molecule has 0 saturated carbocycles. The van der Waals surface area contributed by atoms with E-state index in [9.17, 15) is 4.79 Å². The van der Waals surface area contributed by atoms with Gasteiger partial charge >= 0.3 is 0 Å². The molecule has 1 amide bonds. The summed E-state index contributed by atoms with van der Waals surface area (Å²) in [5.74, 6) is 1.17. The molecule has 4 rings (SSSR count). The predicted molar refractivity (Wildman–Crippen MR) is 120 cm³/mol. The highest BCUT2D eigenvalue weighted by Crippen LogP contribution is 2.30. The smallest absolute Gasteiger partial charge is 0.261 e. The van der Waals surface area contributed by atoms with Gasteiger partial charge in [-0.1, -0.05) is 24.3 Å². The van der Waals surface area contributed by atoms with Crippen LogP contribution in [0, 0.1) is 5.92 Å². The number of ether oxygens (including phenoxy) is 1. The third kappa shape index (κ3) is 5.07. The Bertz CT molecular complexity index is 929. The topological polar surface area (TPSA) is 54.5 Å². The molecular formula is C24H27N3O2S. The molecule has 0 aliphatic carbocycles. The summed E-state index contributed by atoms with van der Waals surface area (Å²) in [5, 5.41) is 5.20. The number of rotatable bonds is 7. The van der Waals surface area contributed by atoms with Crippen molar-refractivity contribution in [3.05, 3.63) is 82.3 Å². The van der Waals surface area contributed by atoms with Gasteiger partial charge in [0.1, 0.15) is 5.75 Å².